The SMILES string of the molecule is c1ccc(-n2c3ccccc3c3cc4c5ccc6c(c7ncccc7n7c8cccnc8nc67)c5n(-c5ccccc5)c4cc32)cc1. The number of aromatic nitrogens is 6. The fourth-order valence-corrected chi connectivity index (χ4v) is 7.80. The number of benzene rings is 5. The van der Waals surface area contributed by atoms with Gasteiger partial charge in [0.15, 0.2) is 5.65 Å². The number of pyridine rings is 3. The quantitative estimate of drug-likeness (QED) is 0.186. The van der Waals surface area contributed by atoms with E-state index in [1.54, 1.807) is 6.20 Å². The van der Waals surface area contributed by atoms with Crippen molar-refractivity contribution >= 4 is 82.2 Å². The zero-order valence-electron chi connectivity index (χ0n) is 25.0. The third-order valence-electron chi connectivity index (χ3n) is 9.69. The molecule has 0 fully saturated rings. The van der Waals surface area contributed by atoms with E-state index in [0.29, 0.717) is 0 Å². The summed E-state index contributed by atoms with van der Waals surface area (Å²) < 4.78 is 7.02. The molecule has 0 saturated carbocycles. The van der Waals surface area contributed by atoms with E-state index in [-0.39, 0.29) is 0 Å². The molecule has 47 heavy (non-hydrogen) atoms. The van der Waals surface area contributed by atoms with Crippen molar-refractivity contribution in [3.63, 3.8) is 0 Å². The van der Waals surface area contributed by atoms with Crippen molar-refractivity contribution in [1.82, 2.24) is 28.5 Å². The van der Waals surface area contributed by atoms with Crippen LogP contribution in [0.15, 0.2) is 146 Å². The largest absolute Gasteiger partial charge is 0.309 e. The number of rotatable bonds is 2. The number of fused-ring (bicyclic) bond motifs is 15. The first kappa shape index (κ1) is 24.8. The lowest BCUT2D eigenvalue weighted by atomic mass is 10.0. The topological polar surface area (TPSA) is 52.9 Å². The molecule has 218 valence electrons. The van der Waals surface area contributed by atoms with Gasteiger partial charge in [-0.3, -0.25) is 9.38 Å². The second-order valence-electron chi connectivity index (χ2n) is 12.1. The summed E-state index contributed by atoms with van der Waals surface area (Å²) in [4.78, 5) is 14.8. The highest BCUT2D eigenvalue weighted by molar-refractivity contribution is 6.28. The molecule has 0 unspecified atom stereocenters. The van der Waals surface area contributed by atoms with Gasteiger partial charge in [-0.15, -0.1) is 0 Å². The molecule has 0 spiro atoms. The van der Waals surface area contributed by atoms with Gasteiger partial charge < -0.3 is 9.13 Å². The summed E-state index contributed by atoms with van der Waals surface area (Å²) in [5.74, 6) is 0. The first-order valence-electron chi connectivity index (χ1n) is 15.8. The standard InChI is InChI=1S/C41H24N6/c1-3-11-25(12-4-1)45-32-16-8-7-15-27(32)30-23-31-28-19-20-29-37(39(28)46(36(31)24-35(30)45)26-13-5-2-6-14-26)38-33(17-9-21-42-38)47-34-18-10-22-43-40(34)44-41(29)47/h1-24H. The van der Waals surface area contributed by atoms with Gasteiger partial charge in [0.1, 0.15) is 5.65 Å². The highest BCUT2D eigenvalue weighted by Crippen LogP contribution is 2.43. The molecule has 5 aromatic carbocycles. The number of imidazole rings is 1. The van der Waals surface area contributed by atoms with Crippen LogP contribution in [0.2, 0.25) is 0 Å². The Bertz CT molecular complexity index is 3060. The number of nitrogens with zero attached hydrogens (tertiary/aromatic N) is 6. The van der Waals surface area contributed by atoms with Crippen LogP contribution in [0.1, 0.15) is 0 Å². The minimum Gasteiger partial charge on any atom is -0.309 e. The molecule has 6 heterocycles. The van der Waals surface area contributed by atoms with Crippen molar-refractivity contribution < 1.29 is 0 Å². The molecular weight excluding hydrogens is 576 g/mol. The van der Waals surface area contributed by atoms with Gasteiger partial charge in [0.2, 0.25) is 0 Å². The summed E-state index contributed by atoms with van der Waals surface area (Å²) in [6.07, 6.45) is 3.70. The molecule has 6 aromatic heterocycles. The van der Waals surface area contributed by atoms with E-state index in [2.05, 4.69) is 140 Å². The highest BCUT2D eigenvalue weighted by Gasteiger charge is 2.23. The summed E-state index contributed by atoms with van der Waals surface area (Å²) in [5, 5.41) is 6.98. The Labute approximate surface area is 267 Å². The number of para-hydroxylation sites is 3. The van der Waals surface area contributed by atoms with Crippen molar-refractivity contribution in [2.24, 2.45) is 0 Å². The Morgan fingerprint density at radius 3 is 1.89 bits per heavy atom. The van der Waals surface area contributed by atoms with E-state index in [0.717, 1.165) is 61.0 Å². The normalized spacial score (nSPS) is 12.3. The molecule has 11 rings (SSSR count). The van der Waals surface area contributed by atoms with Crippen molar-refractivity contribution in [3.8, 4) is 11.4 Å². The van der Waals surface area contributed by atoms with Gasteiger partial charge in [-0.1, -0.05) is 60.7 Å². The number of hydrogen-bond donors (Lipinski definition) is 0. The zero-order chi connectivity index (χ0) is 30.6. The molecule has 0 bridgehead atoms. The molecule has 0 atom stereocenters. The maximum atomic E-state index is 5.08. The average Bonchev–Trinajstić information content (AvgIpc) is 3.79. The van der Waals surface area contributed by atoms with Crippen molar-refractivity contribution in [2.45, 2.75) is 0 Å². The summed E-state index contributed by atoms with van der Waals surface area (Å²) in [7, 11) is 0. The van der Waals surface area contributed by atoms with Crippen molar-refractivity contribution in [3.05, 3.63) is 146 Å². The molecule has 11 aromatic rings. The molecule has 0 saturated heterocycles. The van der Waals surface area contributed by atoms with Crippen LogP contribution in [0.5, 0.6) is 0 Å². The molecule has 0 aliphatic heterocycles. The second kappa shape index (κ2) is 9.02. The molecule has 6 heteroatoms. The fraction of sp³-hybridized carbons (Fsp3) is 0. The average molecular weight is 601 g/mol. The van der Waals surface area contributed by atoms with Crippen LogP contribution in [-0.4, -0.2) is 28.5 Å². The van der Waals surface area contributed by atoms with Crippen LogP contribution in [-0.2, 0) is 0 Å². The van der Waals surface area contributed by atoms with Crippen LogP contribution >= 0.6 is 0 Å². The summed E-state index contributed by atoms with van der Waals surface area (Å²) in [5.41, 5.74) is 11.4. The third kappa shape index (κ3) is 3.21. The summed E-state index contributed by atoms with van der Waals surface area (Å²) >= 11 is 0. The molecule has 0 amide bonds. The van der Waals surface area contributed by atoms with E-state index in [4.69, 9.17) is 9.97 Å². The van der Waals surface area contributed by atoms with Crippen LogP contribution < -0.4 is 0 Å². The first-order valence-corrected chi connectivity index (χ1v) is 15.8. The van der Waals surface area contributed by atoms with Gasteiger partial charge in [-0.05, 0) is 72.8 Å². The molecular formula is C41H24N6. The second-order valence-corrected chi connectivity index (χ2v) is 12.1. The van der Waals surface area contributed by atoms with Crippen LogP contribution in [0, 0.1) is 0 Å². The maximum Gasteiger partial charge on any atom is 0.178 e. The van der Waals surface area contributed by atoms with Gasteiger partial charge in [0.25, 0.3) is 0 Å². The van der Waals surface area contributed by atoms with Crippen LogP contribution in [0.25, 0.3) is 93.6 Å². The van der Waals surface area contributed by atoms with Gasteiger partial charge in [0.05, 0.1) is 38.6 Å². The lowest BCUT2D eigenvalue weighted by molar-refractivity contribution is 1.17. The highest BCUT2D eigenvalue weighted by atomic mass is 15.1. The van der Waals surface area contributed by atoms with Crippen LogP contribution in [0.4, 0.5) is 0 Å². The van der Waals surface area contributed by atoms with Gasteiger partial charge in [-0.2, -0.15) is 0 Å². The van der Waals surface area contributed by atoms with Crippen LogP contribution in [0.3, 0.4) is 0 Å². The Balaban J connectivity index is 1.41. The predicted molar refractivity (Wildman–Crippen MR) is 192 cm³/mol. The molecule has 6 nitrogen and oxygen atoms in total. The summed E-state index contributed by atoms with van der Waals surface area (Å²) in [6.45, 7) is 0. The molecule has 0 aliphatic rings. The third-order valence-corrected chi connectivity index (χ3v) is 9.69. The van der Waals surface area contributed by atoms with Gasteiger partial charge in [0, 0.05) is 56.1 Å². The van der Waals surface area contributed by atoms with E-state index in [1.807, 2.05) is 18.3 Å². The van der Waals surface area contributed by atoms with Crippen molar-refractivity contribution in [2.75, 3.05) is 0 Å². The first-order chi connectivity index (χ1) is 23.3. The predicted octanol–water partition coefficient (Wildman–Crippen LogP) is 9.78. The Morgan fingerprint density at radius 2 is 1.06 bits per heavy atom. The lowest BCUT2D eigenvalue weighted by Gasteiger charge is -2.13. The smallest absolute Gasteiger partial charge is 0.178 e. The zero-order valence-corrected chi connectivity index (χ0v) is 25.0. The number of hydrogen-bond acceptors (Lipinski definition) is 3. The lowest BCUT2D eigenvalue weighted by Crippen LogP contribution is -1.98. The maximum absolute atomic E-state index is 5.08. The minimum atomic E-state index is 0.727. The Morgan fingerprint density at radius 1 is 0.426 bits per heavy atom. The Hall–Kier alpha value is -6.53. The fourth-order valence-electron chi connectivity index (χ4n) is 7.80. The Kier molecular flexibility index (Phi) is 4.75. The van der Waals surface area contributed by atoms with E-state index < -0.39 is 0 Å². The van der Waals surface area contributed by atoms with Gasteiger partial charge >= 0.3 is 0 Å². The molecule has 0 radical (unpaired) electrons. The van der Waals surface area contributed by atoms with E-state index >= 15 is 0 Å². The minimum absolute atomic E-state index is 0.727. The van der Waals surface area contributed by atoms with Crippen molar-refractivity contribution in [1.29, 1.82) is 0 Å². The monoisotopic (exact) mass is 600 g/mol. The summed E-state index contributed by atoms with van der Waals surface area (Å²) in [6, 6.07) is 47.5. The van der Waals surface area contributed by atoms with Gasteiger partial charge in [-0.25, -0.2) is 9.97 Å². The molecule has 0 N–H and O–H groups in total. The molecule has 0 aliphatic carbocycles. The van der Waals surface area contributed by atoms with E-state index in [9.17, 15) is 0 Å². The van der Waals surface area contributed by atoms with E-state index in [1.165, 1.54) is 32.6 Å².